The minimum absolute atomic E-state index is 0.0824. The molecule has 0 saturated carbocycles. The van der Waals surface area contributed by atoms with Crippen molar-refractivity contribution in [1.82, 2.24) is 15.0 Å². The quantitative estimate of drug-likeness (QED) is 0.242. The van der Waals surface area contributed by atoms with Crippen molar-refractivity contribution in [2.75, 3.05) is 18.1 Å². The monoisotopic (exact) mass is 534 g/mol. The molecule has 0 aliphatic carbocycles. The fourth-order valence-corrected chi connectivity index (χ4v) is 9.02. The Hall–Kier alpha value is -3.14. The number of para-hydroxylation sites is 1. The highest BCUT2D eigenvalue weighted by atomic mass is 28.4. The molecule has 2 aliphatic heterocycles. The molecule has 200 valence electrons. The van der Waals surface area contributed by atoms with Crippen LogP contribution in [-0.4, -0.2) is 53.7 Å². The molecular formula is C29H35FN4O3Si. The lowest BCUT2D eigenvalue weighted by Crippen LogP contribution is -2.45. The lowest BCUT2D eigenvalue weighted by atomic mass is 9.82. The van der Waals surface area contributed by atoms with Crippen LogP contribution in [0.2, 0.25) is 18.6 Å². The first-order chi connectivity index (χ1) is 18.2. The Morgan fingerprint density at radius 3 is 2.61 bits per heavy atom. The summed E-state index contributed by atoms with van der Waals surface area (Å²) in [7, 11) is -3.23. The molecule has 3 heterocycles. The predicted octanol–water partition coefficient (Wildman–Crippen LogP) is 4.80. The van der Waals surface area contributed by atoms with Crippen molar-refractivity contribution < 1.29 is 18.7 Å². The van der Waals surface area contributed by atoms with Gasteiger partial charge in [-0.15, -0.1) is 11.7 Å². The maximum absolute atomic E-state index is 15.9. The molecule has 5 atom stereocenters. The first-order valence-corrected chi connectivity index (χ1v) is 16.1. The van der Waals surface area contributed by atoms with E-state index in [0.29, 0.717) is 25.2 Å². The zero-order chi connectivity index (χ0) is 27.1. The molecule has 1 N–H and O–H groups in total. The number of amides is 1. The van der Waals surface area contributed by atoms with Gasteiger partial charge in [-0.05, 0) is 31.1 Å². The Morgan fingerprint density at radius 2 is 1.92 bits per heavy atom. The second-order valence-corrected chi connectivity index (χ2v) is 14.6. The van der Waals surface area contributed by atoms with Gasteiger partial charge in [0.15, 0.2) is 5.60 Å². The number of hydrogen-bond donors (Lipinski definition) is 1. The van der Waals surface area contributed by atoms with Crippen molar-refractivity contribution in [2.24, 2.45) is 5.92 Å². The number of anilines is 1. The van der Waals surface area contributed by atoms with E-state index in [2.05, 4.69) is 16.9 Å². The van der Waals surface area contributed by atoms with Crippen LogP contribution in [0.5, 0.6) is 0 Å². The summed E-state index contributed by atoms with van der Waals surface area (Å²) in [6.45, 7) is 9.94. The van der Waals surface area contributed by atoms with E-state index in [-0.39, 0.29) is 29.9 Å². The molecule has 5 rings (SSSR count). The summed E-state index contributed by atoms with van der Waals surface area (Å²) in [6.07, 6.45) is 3.57. The van der Waals surface area contributed by atoms with Gasteiger partial charge in [0.25, 0.3) is 5.91 Å². The second-order valence-electron chi connectivity index (χ2n) is 10.8. The van der Waals surface area contributed by atoms with E-state index in [1.54, 1.807) is 28.8 Å². The molecule has 1 fully saturated rings. The van der Waals surface area contributed by atoms with Gasteiger partial charge in [-0.25, -0.2) is 0 Å². The summed E-state index contributed by atoms with van der Waals surface area (Å²) in [5.74, 6) is -0.747. The first-order valence-electron chi connectivity index (χ1n) is 13.2. The van der Waals surface area contributed by atoms with E-state index >= 15 is 4.11 Å². The molecule has 1 saturated heterocycles. The fraction of sp³-hybridized carbons (Fsp3) is 0.414. The number of aliphatic hydroxyl groups excluding tert-OH is 1. The minimum Gasteiger partial charge on any atom is -0.395 e. The maximum Gasteiger partial charge on any atom is 0.264 e. The number of fused-ring (bicyclic) bond motifs is 2. The zero-order valence-corrected chi connectivity index (χ0v) is 23.1. The highest BCUT2D eigenvalue weighted by molar-refractivity contribution is 6.72. The number of aliphatic hydroxyl groups is 1. The average molecular weight is 535 g/mol. The third-order valence-corrected chi connectivity index (χ3v) is 10.6. The van der Waals surface area contributed by atoms with Crippen LogP contribution < -0.4 is 4.90 Å². The number of carbonyl (C=O) groups excluding carboxylic acids is 1. The molecule has 1 aromatic heterocycles. The number of carbonyl (C=O) groups is 1. The van der Waals surface area contributed by atoms with Gasteiger partial charge in [0.2, 0.25) is 8.41 Å². The Kier molecular flexibility index (Phi) is 7.10. The Bertz CT molecular complexity index is 1310. The number of rotatable bonds is 9. The number of nitrogens with zero attached hydrogens (tertiary/aromatic N) is 4. The number of aromatic nitrogens is 3. The molecule has 1 amide bonds. The van der Waals surface area contributed by atoms with Crippen LogP contribution >= 0.6 is 0 Å². The van der Waals surface area contributed by atoms with Crippen molar-refractivity contribution in [3.05, 3.63) is 90.3 Å². The number of benzene rings is 2. The van der Waals surface area contributed by atoms with E-state index in [1.165, 1.54) is 0 Å². The van der Waals surface area contributed by atoms with E-state index in [1.807, 2.05) is 67.7 Å². The maximum atomic E-state index is 15.9. The average Bonchev–Trinajstić information content (AvgIpc) is 3.55. The molecule has 9 heteroatoms. The topological polar surface area (TPSA) is 80.5 Å². The van der Waals surface area contributed by atoms with Crippen LogP contribution in [0.1, 0.15) is 36.1 Å². The lowest BCUT2D eigenvalue weighted by molar-refractivity contribution is -0.145. The lowest BCUT2D eigenvalue weighted by Gasteiger charge is -2.31. The van der Waals surface area contributed by atoms with Crippen LogP contribution in [-0.2, 0) is 21.7 Å². The summed E-state index contributed by atoms with van der Waals surface area (Å²) in [4.78, 5) is 15.6. The number of hydrogen-bond acceptors (Lipinski definition) is 5. The van der Waals surface area contributed by atoms with Crippen molar-refractivity contribution in [2.45, 2.75) is 56.1 Å². The van der Waals surface area contributed by atoms with Crippen LogP contribution in [0.15, 0.2) is 73.4 Å². The molecule has 2 aromatic carbocycles. The molecule has 2 aliphatic rings. The van der Waals surface area contributed by atoms with Crippen LogP contribution in [0, 0.1) is 5.92 Å². The highest BCUT2D eigenvalue weighted by Crippen LogP contribution is 2.60. The molecule has 3 aromatic rings. The van der Waals surface area contributed by atoms with E-state index in [4.69, 9.17) is 4.74 Å². The van der Waals surface area contributed by atoms with Crippen LogP contribution in [0.4, 0.5) is 9.80 Å². The number of ether oxygens (including phenoxy) is 1. The van der Waals surface area contributed by atoms with Gasteiger partial charge in [0.05, 0.1) is 30.0 Å². The largest absolute Gasteiger partial charge is 0.395 e. The number of halogens is 1. The van der Waals surface area contributed by atoms with Gasteiger partial charge in [0, 0.05) is 36.3 Å². The Labute approximate surface area is 224 Å². The molecule has 1 spiro atoms. The molecule has 1 unspecified atom stereocenters. The van der Waals surface area contributed by atoms with Gasteiger partial charge < -0.3 is 18.9 Å². The summed E-state index contributed by atoms with van der Waals surface area (Å²) in [6, 6.07) is 17.4. The second kappa shape index (κ2) is 10.2. The fourth-order valence-electron chi connectivity index (χ4n) is 6.48. The zero-order valence-electron chi connectivity index (χ0n) is 22.1. The van der Waals surface area contributed by atoms with Crippen molar-refractivity contribution in [3.63, 3.8) is 0 Å². The van der Waals surface area contributed by atoms with Crippen LogP contribution in [0.3, 0.4) is 0 Å². The third kappa shape index (κ3) is 4.32. The molecule has 0 radical (unpaired) electrons. The number of aryl methyl sites for hydroxylation is 1. The minimum atomic E-state index is -3.23. The smallest absolute Gasteiger partial charge is 0.264 e. The van der Waals surface area contributed by atoms with Gasteiger partial charge >= 0.3 is 0 Å². The third-order valence-electron chi connectivity index (χ3n) is 8.12. The van der Waals surface area contributed by atoms with Crippen molar-refractivity contribution >= 4 is 20.0 Å². The summed E-state index contributed by atoms with van der Waals surface area (Å²) >= 11 is 0. The van der Waals surface area contributed by atoms with Gasteiger partial charge in [-0.2, -0.15) is 0 Å². The normalized spacial score (nSPS) is 25.7. The summed E-state index contributed by atoms with van der Waals surface area (Å²) in [5.41, 5.74) is 1.66. The van der Waals surface area contributed by atoms with E-state index < -0.39 is 20.1 Å². The highest BCUT2D eigenvalue weighted by Gasteiger charge is 2.66. The van der Waals surface area contributed by atoms with E-state index in [0.717, 1.165) is 16.8 Å². The molecule has 38 heavy (non-hydrogen) atoms. The molecule has 0 bridgehead atoms. The first kappa shape index (κ1) is 26.5. The summed E-state index contributed by atoms with van der Waals surface area (Å²) in [5, 5.41) is 18.6. The summed E-state index contributed by atoms with van der Waals surface area (Å²) < 4.78 is 24.3. The molecular weight excluding hydrogens is 499 g/mol. The van der Waals surface area contributed by atoms with E-state index in [9.17, 15) is 9.90 Å². The Morgan fingerprint density at radius 1 is 1.21 bits per heavy atom. The van der Waals surface area contributed by atoms with Gasteiger partial charge in [-0.1, -0.05) is 66.7 Å². The van der Waals surface area contributed by atoms with Crippen molar-refractivity contribution in [3.8, 4) is 0 Å². The van der Waals surface area contributed by atoms with Gasteiger partial charge in [0.1, 0.15) is 0 Å². The predicted molar refractivity (Wildman–Crippen MR) is 147 cm³/mol. The Balaban J connectivity index is 1.42. The standard InChI is InChI=1S/C29H35FN4O3Si/c1-5-16-34-25-14-10-9-13-23(25)29(28(34)36)20(2)27(38(3,4)30)26(37-29)15-17-33-18-24(31-32-33)22(19-35)21-11-7-6-8-12-21/h5-14,18,20,22,26-27,35H,1,15-17,19H2,2-4H3/t20-,22?,26+,27-,29+/m1/s1. The van der Waals surface area contributed by atoms with Crippen molar-refractivity contribution in [1.29, 1.82) is 0 Å². The van der Waals surface area contributed by atoms with Crippen LogP contribution in [0.25, 0.3) is 0 Å². The molecule has 7 nitrogen and oxygen atoms in total. The van der Waals surface area contributed by atoms with Gasteiger partial charge in [-0.3, -0.25) is 9.48 Å². The SMILES string of the molecule is C=CCN1C(=O)[C@@]2(O[C@@H](CCn3cc(C(CO)c4ccccc4)nn3)[C@H]([Si](C)(C)F)[C@H]2C)c2ccccc21.